The van der Waals surface area contributed by atoms with Crippen LogP contribution in [-0.2, 0) is 53.8 Å². The van der Waals surface area contributed by atoms with E-state index in [4.69, 9.17) is 14.8 Å². The van der Waals surface area contributed by atoms with Gasteiger partial charge in [0.25, 0.3) is 11.8 Å². The number of benzene rings is 1. The second kappa shape index (κ2) is 21.7. The molecule has 0 aliphatic carbocycles. The molecule has 1 aromatic carbocycles. The van der Waals surface area contributed by atoms with Crippen LogP contribution in [0.3, 0.4) is 0 Å². The molecular formula is C34H50N7O13P. The van der Waals surface area contributed by atoms with Crippen LogP contribution >= 0.6 is 7.82 Å². The van der Waals surface area contributed by atoms with Gasteiger partial charge < -0.3 is 42.3 Å². The van der Waals surface area contributed by atoms with Crippen molar-refractivity contribution in [3.63, 3.8) is 0 Å². The van der Waals surface area contributed by atoms with Crippen LogP contribution in [0.4, 0.5) is 10.5 Å². The van der Waals surface area contributed by atoms with E-state index in [1.54, 1.807) is 27.7 Å². The maximum absolute atomic E-state index is 13.4. The van der Waals surface area contributed by atoms with Crippen molar-refractivity contribution in [1.29, 1.82) is 0 Å². The Bertz CT molecular complexity index is 1630. The van der Waals surface area contributed by atoms with Gasteiger partial charge in [-0.05, 0) is 42.4 Å². The molecule has 2 rings (SSSR count). The Morgan fingerprint density at radius 2 is 1.47 bits per heavy atom. The van der Waals surface area contributed by atoms with Crippen molar-refractivity contribution in [3.05, 3.63) is 42.0 Å². The van der Waals surface area contributed by atoms with E-state index >= 15 is 0 Å². The molecule has 304 valence electrons. The summed E-state index contributed by atoms with van der Waals surface area (Å²) < 4.78 is 23.1. The highest BCUT2D eigenvalue weighted by molar-refractivity contribution is 7.47. The molecule has 1 unspecified atom stereocenters. The van der Waals surface area contributed by atoms with Gasteiger partial charge in [0.05, 0.1) is 6.61 Å². The van der Waals surface area contributed by atoms with E-state index < -0.39 is 97.9 Å². The van der Waals surface area contributed by atoms with Crippen molar-refractivity contribution in [1.82, 2.24) is 26.2 Å². The number of hydrogen-bond donors (Lipinski definition) is 8. The van der Waals surface area contributed by atoms with Crippen LogP contribution in [0.2, 0.25) is 0 Å². The van der Waals surface area contributed by atoms with Gasteiger partial charge in [0, 0.05) is 43.8 Å². The summed E-state index contributed by atoms with van der Waals surface area (Å²) >= 11 is 0. The van der Waals surface area contributed by atoms with Crippen molar-refractivity contribution < 1.29 is 62.0 Å². The maximum Gasteiger partial charge on any atom is 0.472 e. The highest BCUT2D eigenvalue weighted by atomic mass is 31.2. The summed E-state index contributed by atoms with van der Waals surface area (Å²) in [5.74, 6) is -6.16. The molecule has 8 amide bonds. The fraction of sp³-hybridized carbons (Fsp3) is 0.529. The monoisotopic (exact) mass is 795 g/mol. The number of rotatable bonds is 23. The molecule has 0 radical (unpaired) electrons. The van der Waals surface area contributed by atoms with Crippen molar-refractivity contribution in [3.8, 4) is 0 Å². The normalized spacial score (nSPS) is 15.8. The van der Waals surface area contributed by atoms with Gasteiger partial charge in [0.2, 0.25) is 23.6 Å². The minimum Gasteiger partial charge on any atom is -0.480 e. The van der Waals surface area contributed by atoms with Gasteiger partial charge in [-0.25, -0.2) is 14.2 Å². The van der Waals surface area contributed by atoms with Gasteiger partial charge in [0.1, 0.15) is 18.2 Å². The summed E-state index contributed by atoms with van der Waals surface area (Å²) in [6.45, 7) is 7.40. The summed E-state index contributed by atoms with van der Waals surface area (Å²) in [5, 5.41) is 22.1. The zero-order chi connectivity index (χ0) is 41.5. The number of carboxylic acid groups (broad SMARTS) is 1. The quantitative estimate of drug-likeness (QED) is 0.0429. The number of carbonyl (C=O) groups excluding carboxylic acids is 7. The number of phosphoric acid groups is 1. The van der Waals surface area contributed by atoms with E-state index in [2.05, 4.69) is 26.6 Å². The number of carboxylic acids is 1. The highest BCUT2D eigenvalue weighted by Crippen LogP contribution is 2.47. The summed E-state index contributed by atoms with van der Waals surface area (Å²) in [6.07, 6.45) is 0.758. The number of nitrogens with one attached hydrogen (secondary N) is 5. The third-order valence-corrected chi connectivity index (χ3v) is 9.06. The van der Waals surface area contributed by atoms with Gasteiger partial charge in [-0.1, -0.05) is 46.8 Å². The Labute approximate surface area is 317 Å². The minimum absolute atomic E-state index is 0.0189. The van der Waals surface area contributed by atoms with Crippen molar-refractivity contribution in [2.45, 2.75) is 91.1 Å². The van der Waals surface area contributed by atoms with Gasteiger partial charge in [-0.15, -0.1) is 0 Å². The number of primary amides is 1. The minimum atomic E-state index is -4.85. The average molecular weight is 796 g/mol. The number of nitrogens with zero attached hydrogens (tertiary/aromatic N) is 1. The number of anilines is 1. The third-order valence-electron chi connectivity index (χ3n) is 8.09. The van der Waals surface area contributed by atoms with Crippen molar-refractivity contribution >= 4 is 61.0 Å². The van der Waals surface area contributed by atoms with E-state index in [1.165, 1.54) is 31.2 Å². The molecule has 21 heteroatoms. The Hall–Kier alpha value is -5.17. The second-order valence-electron chi connectivity index (χ2n) is 13.2. The SMILES string of the molecule is CCC(=O)N[C@H](C(=O)O)[C@H](OP(=O)(O)OCc1ccc(NC(=O)[C@H](CCCNC(N)=O)NC(=O)[C@@H](NC(=O)CCN2C(=O)C=CC2=O)C(C)C)cc1)C(C)C. The van der Waals surface area contributed by atoms with Crippen molar-refractivity contribution in [2.24, 2.45) is 17.6 Å². The fourth-order valence-corrected chi connectivity index (χ4v) is 6.12. The van der Waals surface area contributed by atoms with Crippen LogP contribution in [0.5, 0.6) is 0 Å². The molecule has 1 heterocycles. The van der Waals surface area contributed by atoms with Crippen LogP contribution < -0.4 is 32.3 Å². The van der Waals surface area contributed by atoms with Crippen LogP contribution in [0.15, 0.2) is 36.4 Å². The molecule has 5 atom stereocenters. The molecule has 0 saturated heterocycles. The van der Waals surface area contributed by atoms with Crippen LogP contribution in [0.1, 0.15) is 65.9 Å². The first-order chi connectivity index (χ1) is 25.7. The first-order valence-corrected chi connectivity index (χ1v) is 19.0. The molecule has 1 aliphatic rings. The summed E-state index contributed by atoms with van der Waals surface area (Å²) in [6, 6.07) is 1.18. The number of amides is 8. The third kappa shape index (κ3) is 15.6. The Balaban J connectivity index is 2.09. The van der Waals surface area contributed by atoms with Gasteiger partial charge in [-0.2, -0.15) is 0 Å². The largest absolute Gasteiger partial charge is 0.480 e. The second-order valence-corrected chi connectivity index (χ2v) is 14.6. The predicted octanol–water partition coefficient (Wildman–Crippen LogP) is 0.652. The van der Waals surface area contributed by atoms with Gasteiger partial charge >= 0.3 is 19.8 Å². The molecule has 0 fully saturated rings. The Kier molecular flexibility index (Phi) is 18.1. The molecule has 1 aliphatic heterocycles. The highest BCUT2D eigenvalue weighted by Gasteiger charge is 2.39. The lowest BCUT2D eigenvalue weighted by atomic mass is 9.99. The summed E-state index contributed by atoms with van der Waals surface area (Å²) in [4.78, 5) is 109. The molecule has 0 spiro atoms. The maximum atomic E-state index is 13.4. The first kappa shape index (κ1) is 46.0. The number of carbonyl (C=O) groups is 8. The van der Waals surface area contributed by atoms with Gasteiger partial charge in [-0.3, -0.25) is 42.7 Å². The lowest BCUT2D eigenvalue weighted by Gasteiger charge is -2.29. The average Bonchev–Trinajstić information content (AvgIpc) is 3.43. The molecule has 20 nitrogen and oxygen atoms in total. The Morgan fingerprint density at radius 3 is 2.00 bits per heavy atom. The number of imide groups is 1. The predicted molar refractivity (Wildman–Crippen MR) is 195 cm³/mol. The van der Waals surface area contributed by atoms with Crippen LogP contribution in [-0.4, -0.2) is 99.7 Å². The lowest BCUT2D eigenvalue weighted by molar-refractivity contribution is -0.145. The van der Waals surface area contributed by atoms with E-state index in [9.17, 15) is 52.9 Å². The topological polar surface area (TPSA) is 302 Å². The van der Waals surface area contributed by atoms with E-state index in [0.717, 1.165) is 17.1 Å². The van der Waals surface area contributed by atoms with Crippen LogP contribution in [0, 0.1) is 11.8 Å². The van der Waals surface area contributed by atoms with Gasteiger partial charge in [0.15, 0.2) is 6.04 Å². The van der Waals surface area contributed by atoms with E-state index in [-0.39, 0.29) is 44.5 Å². The number of nitrogens with two attached hydrogens (primary N) is 1. The summed E-state index contributed by atoms with van der Waals surface area (Å²) in [5.41, 5.74) is 5.74. The zero-order valence-corrected chi connectivity index (χ0v) is 32.1. The van der Waals surface area contributed by atoms with E-state index in [1.807, 2.05) is 0 Å². The Morgan fingerprint density at radius 1 is 0.873 bits per heavy atom. The molecular weight excluding hydrogens is 745 g/mol. The number of hydrogen-bond acceptors (Lipinski definition) is 11. The number of aliphatic carboxylic acids is 1. The number of urea groups is 1. The molecule has 9 N–H and O–H groups in total. The molecule has 0 bridgehead atoms. The zero-order valence-electron chi connectivity index (χ0n) is 31.2. The summed E-state index contributed by atoms with van der Waals surface area (Å²) in [7, 11) is -4.85. The fourth-order valence-electron chi connectivity index (χ4n) is 5.07. The van der Waals surface area contributed by atoms with Crippen LogP contribution in [0.25, 0.3) is 0 Å². The lowest BCUT2D eigenvalue weighted by Crippen LogP contribution is -2.54. The van der Waals surface area contributed by atoms with Crippen molar-refractivity contribution in [2.75, 3.05) is 18.4 Å². The smallest absolute Gasteiger partial charge is 0.472 e. The molecule has 55 heavy (non-hydrogen) atoms. The molecule has 1 aromatic rings. The number of phosphoric ester groups is 1. The first-order valence-electron chi connectivity index (χ1n) is 17.5. The van der Waals surface area contributed by atoms with E-state index in [0.29, 0.717) is 5.56 Å². The standard InChI is InChI=1S/C34H50N7O13P/c1-6-24(42)39-29(33(48)49)30(20(4)5)54-55(51,52)53-18-21-9-11-22(12-10-21)37-31(46)23(8-7-16-36-34(35)50)38-32(47)28(19(2)3)40-25(43)15-17-41-26(44)13-14-27(41)45/h9-14,19-20,23,28-30H,6-8,15-18H2,1-5H3,(H,37,46)(H,38,47)(H,39,42)(H,40,43)(H,48,49)(H,51,52)(H3,35,36,50)/t23-,28-,29-,30+/m0/s1. The molecule has 0 saturated carbocycles. The molecule has 0 aromatic heterocycles.